The molecule has 2 nitrogen and oxygen atoms in total. The molecule has 0 aromatic carbocycles. The van der Waals surface area contributed by atoms with Gasteiger partial charge in [-0.1, -0.05) is 13.8 Å². The molecule has 0 unspecified atom stereocenters. The minimum Gasteiger partial charge on any atom is -0.310 e. The monoisotopic (exact) mass is 198 g/mol. The van der Waals surface area contributed by atoms with E-state index in [-0.39, 0.29) is 0 Å². The maximum Gasteiger partial charge on any atom is 0.0209 e. The second-order valence-corrected chi connectivity index (χ2v) is 5.29. The van der Waals surface area contributed by atoms with Gasteiger partial charge in [-0.25, -0.2) is 0 Å². The van der Waals surface area contributed by atoms with Crippen LogP contribution in [-0.4, -0.2) is 37.1 Å². The lowest BCUT2D eigenvalue weighted by Crippen LogP contribution is -2.38. The normalized spacial score (nSPS) is 25.9. The molecule has 1 fully saturated rings. The van der Waals surface area contributed by atoms with E-state index in [0.29, 0.717) is 6.04 Å². The summed E-state index contributed by atoms with van der Waals surface area (Å²) in [4.78, 5) is 2.41. The van der Waals surface area contributed by atoms with Gasteiger partial charge in [0.15, 0.2) is 0 Å². The zero-order valence-corrected chi connectivity index (χ0v) is 10.2. The molecule has 0 amide bonds. The lowest BCUT2D eigenvalue weighted by atomic mass is 10.0. The smallest absolute Gasteiger partial charge is 0.0209 e. The second-order valence-electron chi connectivity index (χ2n) is 5.29. The van der Waals surface area contributed by atoms with Crippen LogP contribution >= 0.6 is 0 Å². The number of rotatable bonds is 5. The third kappa shape index (κ3) is 4.43. The average molecular weight is 198 g/mol. The minimum absolute atomic E-state index is 0.689. The van der Waals surface area contributed by atoms with Gasteiger partial charge in [-0.05, 0) is 45.7 Å². The van der Waals surface area contributed by atoms with Crippen molar-refractivity contribution in [1.29, 1.82) is 0 Å². The molecule has 0 radical (unpaired) electrons. The third-order valence-corrected chi connectivity index (χ3v) is 3.09. The molecular formula is C12H26N2. The fraction of sp³-hybridized carbons (Fsp3) is 1.00. The van der Waals surface area contributed by atoms with Crippen LogP contribution in [0.3, 0.4) is 0 Å². The Morgan fingerprint density at radius 1 is 1.29 bits per heavy atom. The zero-order valence-electron chi connectivity index (χ0n) is 10.2. The summed E-state index contributed by atoms with van der Waals surface area (Å²) in [7, 11) is 2.21. The van der Waals surface area contributed by atoms with E-state index in [9.17, 15) is 0 Å². The summed E-state index contributed by atoms with van der Waals surface area (Å²) in [6.45, 7) is 9.41. The van der Waals surface area contributed by atoms with E-state index in [1.54, 1.807) is 0 Å². The van der Waals surface area contributed by atoms with Gasteiger partial charge in [0.25, 0.3) is 0 Å². The van der Waals surface area contributed by atoms with Crippen molar-refractivity contribution in [2.24, 2.45) is 5.92 Å². The van der Waals surface area contributed by atoms with Crippen molar-refractivity contribution in [2.45, 2.75) is 52.1 Å². The van der Waals surface area contributed by atoms with Gasteiger partial charge in [0.1, 0.15) is 0 Å². The molecule has 2 atom stereocenters. The lowest BCUT2D eigenvalue weighted by Gasteiger charge is -2.20. The highest BCUT2D eigenvalue weighted by Gasteiger charge is 2.20. The Morgan fingerprint density at radius 3 is 2.50 bits per heavy atom. The summed E-state index contributed by atoms with van der Waals surface area (Å²) >= 11 is 0. The summed E-state index contributed by atoms with van der Waals surface area (Å²) in [5.41, 5.74) is 0. The lowest BCUT2D eigenvalue weighted by molar-refractivity contribution is 0.370. The number of hydrogen-bond acceptors (Lipinski definition) is 2. The van der Waals surface area contributed by atoms with Gasteiger partial charge in [0.2, 0.25) is 0 Å². The molecule has 1 N–H and O–H groups in total. The van der Waals surface area contributed by atoms with Crippen LogP contribution in [0, 0.1) is 5.92 Å². The van der Waals surface area contributed by atoms with Crippen molar-refractivity contribution in [2.75, 3.05) is 20.1 Å². The fourth-order valence-corrected chi connectivity index (χ4v) is 2.14. The Balaban J connectivity index is 2.10. The Kier molecular flexibility index (Phi) is 4.90. The Hall–Kier alpha value is -0.0800. The van der Waals surface area contributed by atoms with Crippen LogP contribution in [0.5, 0.6) is 0 Å². The van der Waals surface area contributed by atoms with Gasteiger partial charge in [0, 0.05) is 18.6 Å². The number of nitrogens with one attached hydrogen (secondary N) is 1. The van der Waals surface area contributed by atoms with Crippen LogP contribution in [0.4, 0.5) is 0 Å². The van der Waals surface area contributed by atoms with Gasteiger partial charge in [-0.2, -0.15) is 0 Å². The van der Waals surface area contributed by atoms with E-state index in [4.69, 9.17) is 0 Å². The molecule has 1 rings (SSSR count). The molecule has 0 aromatic rings. The standard InChI is InChI=1S/C12H26N2/c1-10(2)5-6-11(3)13-12-7-8-14(4)9-12/h10-13H,5-9H2,1-4H3/t11-,12-/m0/s1. The predicted octanol–water partition coefficient (Wildman–Crippen LogP) is 2.10. The van der Waals surface area contributed by atoms with Crippen LogP contribution in [0.1, 0.15) is 40.0 Å². The molecule has 0 aliphatic carbocycles. The van der Waals surface area contributed by atoms with Gasteiger partial charge >= 0.3 is 0 Å². The van der Waals surface area contributed by atoms with Crippen molar-refractivity contribution >= 4 is 0 Å². The van der Waals surface area contributed by atoms with Crippen LogP contribution in [0.15, 0.2) is 0 Å². The number of likely N-dealkylation sites (N-methyl/N-ethyl adjacent to an activating group) is 1. The molecule has 0 bridgehead atoms. The Bertz CT molecular complexity index is 156. The molecule has 84 valence electrons. The topological polar surface area (TPSA) is 15.3 Å². The van der Waals surface area contributed by atoms with Crippen molar-refractivity contribution in [3.8, 4) is 0 Å². The third-order valence-electron chi connectivity index (χ3n) is 3.09. The Morgan fingerprint density at radius 2 is 2.00 bits per heavy atom. The molecule has 1 aliphatic rings. The fourth-order valence-electron chi connectivity index (χ4n) is 2.14. The van der Waals surface area contributed by atoms with Gasteiger partial charge in [0.05, 0.1) is 0 Å². The number of likely N-dealkylation sites (tertiary alicyclic amines) is 1. The van der Waals surface area contributed by atoms with E-state index >= 15 is 0 Å². The van der Waals surface area contributed by atoms with E-state index in [0.717, 1.165) is 12.0 Å². The maximum absolute atomic E-state index is 3.72. The highest BCUT2D eigenvalue weighted by molar-refractivity contribution is 4.81. The largest absolute Gasteiger partial charge is 0.310 e. The summed E-state index contributed by atoms with van der Waals surface area (Å²) in [5.74, 6) is 0.838. The first kappa shape index (κ1) is 12.0. The second kappa shape index (κ2) is 5.72. The SMILES string of the molecule is CC(C)CC[C@H](C)N[C@H]1CCN(C)C1. The molecule has 1 saturated heterocycles. The summed E-state index contributed by atoms with van der Waals surface area (Å²) in [6, 6.07) is 1.43. The van der Waals surface area contributed by atoms with Crippen LogP contribution in [0.2, 0.25) is 0 Å². The molecule has 0 aromatic heterocycles. The van der Waals surface area contributed by atoms with Crippen molar-refractivity contribution < 1.29 is 0 Å². The number of nitrogens with zero attached hydrogens (tertiary/aromatic N) is 1. The molecule has 1 aliphatic heterocycles. The van der Waals surface area contributed by atoms with Crippen LogP contribution < -0.4 is 5.32 Å². The molecule has 0 spiro atoms. The van der Waals surface area contributed by atoms with E-state index in [2.05, 4.69) is 38.0 Å². The first-order chi connectivity index (χ1) is 6.58. The van der Waals surface area contributed by atoms with E-state index in [1.807, 2.05) is 0 Å². The van der Waals surface area contributed by atoms with Gasteiger partial charge in [-0.15, -0.1) is 0 Å². The molecule has 1 heterocycles. The molecule has 14 heavy (non-hydrogen) atoms. The Labute approximate surface area is 89.1 Å². The van der Waals surface area contributed by atoms with Crippen molar-refractivity contribution in [1.82, 2.24) is 10.2 Å². The van der Waals surface area contributed by atoms with Crippen molar-refractivity contribution in [3.05, 3.63) is 0 Å². The quantitative estimate of drug-likeness (QED) is 0.728. The van der Waals surface area contributed by atoms with Crippen molar-refractivity contribution in [3.63, 3.8) is 0 Å². The highest BCUT2D eigenvalue weighted by atomic mass is 15.2. The number of hydrogen-bond donors (Lipinski definition) is 1. The molecule has 2 heteroatoms. The summed E-state index contributed by atoms with van der Waals surface area (Å²) in [5, 5.41) is 3.72. The van der Waals surface area contributed by atoms with E-state index < -0.39 is 0 Å². The summed E-state index contributed by atoms with van der Waals surface area (Å²) in [6.07, 6.45) is 3.98. The summed E-state index contributed by atoms with van der Waals surface area (Å²) < 4.78 is 0. The van der Waals surface area contributed by atoms with Gasteiger partial charge in [-0.3, -0.25) is 0 Å². The first-order valence-electron chi connectivity index (χ1n) is 6.02. The maximum atomic E-state index is 3.72. The molecular weight excluding hydrogens is 172 g/mol. The molecule has 0 saturated carbocycles. The minimum atomic E-state index is 0.689. The predicted molar refractivity (Wildman–Crippen MR) is 62.6 cm³/mol. The zero-order chi connectivity index (χ0) is 10.6. The van der Waals surface area contributed by atoms with Crippen LogP contribution in [-0.2, 0) is 0 Å². The highest BCUT2D eigenvalue weighted by Crippen LogP contribution is 2.10. The van der Waals surface area contributed by atoms with E-state index in [1.165, 1.54) is 32.4 Å². The first-order valence-corrected chi connectivity index (χ1v) is 6.02. The van der Waals surface area contributed by atoms with Crippen LogP contribution in [0.25, 0.3) is 0 Å². The van der Waals surface area contributed by atoms with Gasteiger partial charge < -0.3 is 10.2 Å². The average Bonchev–Trinajstić information content (AvgIpc) is 2.48.